The molecule has 0 aliphatic carbocycles. The lowest BCUT2D eigenvalue weighted by Crippen LogP contribution is -2.50. The largest absolute Gasteiger partial charge is 0.488 e. The van der Waals surface area contributed by atoms with Crippen molar-refractivity contribution < 1.29 is 27.9 Å². The molecule has 0 bridgehead atoms. The molecule has 3 N–H and O–H groups in total. The molecule has 0 radical (unpaired) electrons. The second kappa shape index (κ2) is 12.7. The van der Waals surface area contributed by atoms with Gasteiger partial charge in [-0.25, -0.2) is 13.2 Å². The predicted octanol–water partition coefficient (Wildman–Crippen LogP) is 5.09. The zero-order valence-corrected chi connectivity index (χ0v) is 25.7. The number of thiophene rings is 1. The maximum atomic E-state index is 13.8. The molecule has 10 nitrogen and oxygen atoms in total. The van der Waals surface area contributed by atoms with Gasteiger partial charge in [-0.15, -0.1) is 11.3 Å². The number of aliphatic hydroxyl groups excluding tert-OH is 1. The van der Waals surface area contributed by atoms with Crippen LogP contribution in [0.2, 0.25) is 0 Å². The maximum absolute atomic E-state index is 13.8. The van der Waals surface area contributed by atoms with Crippen molar-refractivity contribution in [2.24, 2.45) is 5.92 Å². The van der Waals surface area contributed by atoms with Gasteiger partial charge in [0.1, 0.15) is 16.1 Å². The Hall–Kier alpha value is -3.97. The van der Waals surface area contributed by atoms with Crippen molar-refractivity contribution in [3.8, 4) is 5.75 Å². The van der Waals surface area contributed by atoms with Crippen LogP contribution >= 0.6 is 11.3 Å². The van der Waals surface area contributed by atoms with Gasteiger partial charge >= 0.3 is 6.03 Å². The van der Waals surface area contributed by atoms with Crippen LogP contribution < -0.4 is 15.4 Å². The molecule has 3 atom stereocenters. The summed E-state index contributed by atoms with van der Waals surface area (Å²) in [5, 5.41) is 19.2. The van der Waals surface area contributed by atoms with E-state index in [4.69, 9.17) is 4.74 Å². The van der Waals surface area contributed by atoms with Crippen LogP contribution in [-0.4, -0.2) is 73.6 Å². The minimum absolute atomic E-state index is 0.0455. The van der Waals surface area contributed by atoms with E-state index in [0.717, 1.165) is 22.1 Å². The highest BCUT2D eigenvalue weighted by atomic mass is 32.2. The number of carbonyl (C=O) groups excluding carboxylic acids is 2. The molecule has 226 valence electrons. The minimum atomic E-state index is -3.73. The zero-order chi connectivity index (χ0) is 30.7. The molecule has 12 heteroatoms. The van der Waals surface area contributed by atoms with Gasteiger partial charge in [0.05, 0.1) is 30.4 Å². The summed E-state index contributed by atoms with van der Waals surface area (Å²) in [4.78, 5) is 28.3. The molecule has 5 rings (SSSR count). The molecule has 0 unspecified atom stereocenters. The first-order valence-electron chi connectivity index (χ1n) is 13.9. The SMILES string of the molecule is C[C@@H]1CN([C@@H](C)CO)C(=O)c2cc(NC(=O)Nc3cccc4ccccc34)ccc2O[C@H]1CN(C)S(=O)(=O)c1cccs1. The van der Waals surface area contributed by atoms with Crippen LogP contribution in [0.3, 0.4) is 0 Å². The molecule has 1 aliphatic rings. The molecule has 3 amide bonds. The Morgan fingerprint density at radius 1 is 1.12 bits per heavy atom. The average Bonchev–Trinajstić information content (AvgIpc) is 3.55. The Balaban J connectivity index is 1.41. The van der Waals surface area contributed by atoms with Crippen molar-refractivity contribution in [1.29, 1.82) is 0 Å². The highest BCUT2D eigenvalue weighted by Gasteiger charge is 2.35. The average molecular weight is 623 g/mol. The van der Waals surface area contributed by atoms with E-state index >= 15 is 0 Å². The molecule has 1 aliphatic heterocycles. The van der Waals surface area contributed by atoms with Gasteiger partial charge in [0.25, 0.3) is 15.9 Å². The number of fused-ring (bicyclic) bond motifs is 2. The zero-order valence-electron chi connectivity index (χ0n) is 24.1. The van der Waals surface area contributed by atoms with Crippen LogP contribution in [0.4, 0.5) is 16.2 Å². The van der Waals surface area contributed by atoms with E-state index in [-0.39, 0.29) is 47.0 Å². The first-order valence-corrected chi connectivity index (χ1v) is 16.2. The predicted molar refractivity (Wildman–Crippen MR) is 168 cm³/mol. The number of rotatable bonds is 8. The van der Waals surface area contributed by atoms with E-state index < -0.39 is 28.2 Å². The third kappa shape index (κ3) is 6.52. The summed E-state index contributed by atoms with van der Waals surface area (Å²) in [6, 6.07) is 20.4. The number of hydrogen-bond donors (Lipinski definition) is 3. The molecule has 43 heavy (non-hydrogen) atoms. The Labute approximate surface area is 254 Å². The summed E-state index contributed by atoms with van der Waals surface area (Å²) in [5.41, 5.74) is 1.21. The van der Waals surface area contributed by atoms with Gasteiger partial charge in [-0.2, -0.15) is 4.31 Å². The van der Waals surface area contributed by atoms with Gasteiger partial charge in [-0.3, -0.25) is 4.79 Å². The van der Waals surface area contributed by atoms with Crippen LogP contribution in [0.15, 0.2) is 82.4 Å². The lowest BCUT2D eigenvalue weighted by atomic mass is 9.99. The summed E-state index contributed by atoms with van der Waals surface area (Å²) in [6.07, 6.45) is -0.603. The second-order valence-electron chi connectivity index (χ2n) is 10.7. The first-order chi connectivity index (χ1) is 20.6. The van der Waals surface area contributed by atoms with Gasteiger partial charge in [0.15, 0.2) is 0 Å². The van der Waals surface area contributed by atoms with Gasteiger partial charge in [0, 0.05) is 30.6 Å². The van der Waals surface area contributed by atoms with E-state index in [2.05, 4.69) is 10.6 Å². The number of carbonyl (C=O) groups is 2. The number of nitrogens with zero attached hydrogens (tertiary/aromatic N) is 2. The number of aliphatic hydroxyl groups is 1. The van der Waals surface area contributed by atoms with Crippen molar-refractivity contribution in [3.63, 3.8) is 0 Å². The normalized spacial score (nSPS) is 18.0. The fourth-order valence-electron chi connectivity index (χ4n) is 5.05. The number of likely N-dealkylation sites (N-methyl/N-ethyl adjacent to an activating group) is 1. The van der Waals surface area contributed by atoms with E-state index in [1.54, 1.807) is 41.5 Å². The fourth-order valence-corrected chi connectivity index (χ4v) is 7.44. The van der Waals surface area contributed by atoms with Crippen molar-refractivity contribution in [2.75, 3.05) is 37.4 Å². The Morgan fingerprint density at radius 3 is 2.63 bits per heavy atom. The van der Waals surface area contributed by atoms with Crippen LogP contribution in [-0.2, 0) is 10.0 Å². The maximum Gasteiger partial charge on any atom is 0.323 e. The third-order valence-electron chi connectivity index (χ3n) is 7.56. The van der Waals surface area contributed by atoms with E-state index in [1.165, 1.54) is 17.4 Å². The molecule has 2 heterocycles. The smallest absolute Gasteiger partial charge is 0.323 e. The molecule has 0 spiro atoms. The highest BCUT2D eigenvalue weighted by Crippen LogP contribution is 2.32. The number of sulfonamides is 1. The van der Waals surface area contributed by atoms with Crippen LogP contribution in [0.25, 0.3) is 10.8 Å². The number of ether oxygens (including phenoxy) is 1. The van der Waals surface area contributed by atoms with Crippen molar-refractivity contribution in [2.45, 2.75) is 30.2 Å². The van der Waals surface area contributed by atoms with Crippen LogP contribution in [0, 0.1) is 5.92 Å². The van der Waals surface area contributed by atoms with Crippen molar-refractivity contribution >= 4 is 55.4 Å². The Kier molecular flexibility index (Phi) is 9.02. The number of urea groups is 1. The number of hydrogen-bond acceptors (Lipinski definition) is 7. The molecule has 0 saturated carbocycles. The molecule has 0 fully saturated rings. The summed E-state index contributed by atoms with van der Waals surface area (Å²) in [5.74, 6) is -0.366. The quantitative estimate of drug-likeness (QED) is 0.251. The number of amides is 3. The van der Waals surface area contributed by atoms with E-state index in [0.29, 0.717) is 11.4 Å². The summed E-state index contributed by atoms with van der Waals surface area (Å²) in [6.45, 7) is 3.66. The number of nitrogens with one attached hydrogen (secondary N) is 2. The third-order valence-corrected chi connectivity index (χ3v) is 10.8. The molecule has 1 aromatic heterocycles. The Bertz CT molecular complexity index is 1720. The van der Waals surface area contributed by atoms with Crippen molar-refractivity contribution in [1.82, 2.24) is 9.21 Å². The monoisotopic (exact) mass is 622 g/mol. The lowest BCUT2D eigenvalue weighted by Gasteiger charge is -2.38. The van der Waals surface area contributed by atoms with Gasteiger partial charge in [-0.1, -0.05) is 49.4 Å². The molecule has 3 aromatic carbocycles. The topological polar surface area (TPSA) is 128 Å². The first kappa shape index (κ1) is 30.5. The highest BCUT2D eigenvalue weighted by molar-refractivity contribution is 7.91. The standard InChI is InChI=1S/C31H34N4O6S2/c1-20-17-35(21(2)19-36)30(37)25-16-23(32-31(38)33-26-11-6-9-22-8-4-5-10-24(22)26)13-14-27(25)41-28(20)18-34(3)43(39,40)29-12-7-15-42-29/h4-16,20-21,28,36H,17-19H2,1-3H3,(H2,32,33,38)/t20-,21+,28+/m1/s1. The molecule has 4 aromatic rings. The summed E-state index contributed by atoms with van der Waals surface area (Å²) >= 11 is 1.14. The van der Waals surface area contributed by atoms with Crippen LogP contribution in [0.5, 0.6) is 5.75 Å². The fraction of sp³-hybridized carbons (Fsp3) is 0.290. The number of anilines is 2. The molecular weight excluding hydrogens is 588 g/mol. The van der Waals surface area contributed by atoms with Crippen molar-refractivity contribution in [3.05, 3.63) is 83.7 Å². The van der Waals surface area contributed by atoms with E-state index in [1.807, 2.05) is 49.4 Å². The van der Waals surface area contributed by atoms with Crippen LogP contribution in [0.1, 0.15) is 24.2 Å². The van der Waals surface area contributed by atoms with E-state index in [9.17, 15) is 23.1 Å². The molecule has 0 saturated heterocycles. The summed E-state index contributed by atoms with van der Waals surface area (Å²) < 4.78 is 34.1. The molecular formula is C31H34N4O6S2. The van der Waals surface area contributed by atoms with Gasteiger partial charge in [0.2, 0.25) is 0 Å². The number of benzene rings is 3. The second-order valence-corrected chi connectivity index (χ2v) is 13.9. The summed E-state index contributed by atoms with van der Waals surface area (Å²) in [7, 11) is -2.22. The van der Waals surface area contributed by atoms with Gasteiger partial charge in [-0.05, 0) is 48.0 Å². The minimum Gasteiger partial charge on any atom is -0.488 e. The van der Waals surface area contributed by atoms with Gasteiger partial charge < -0.3 is 25.4 Å². The Morgan fingerprint density at radius 2 is 1.88 bits per heavy atom. The lowest BCUT2D eigenvalue weighted by molar-refractivity contribution is 0.0387.